The van der Waals surface area contributed by atoms with Crippen LogP contribution >= 0.6 is 23.2 Å². The van der Waals surface area contributed by atoms with Crippen LogP contribution in [-0.4, -0.2) is 45.8 Å². The first-order chi connectivity index (χ1) is 12.3. The number of methoxy groups -OCH3 is 3. The van der Waals surface area contributed by atoms with E-state index in [9.17, 15) is 14.4 Å². The molecule has 1 aliphatic rings. The Bertz CT molecular complexity index is 703. The molecule has 142 valence electrons. The molecule has 1 aliphatic heterocycles. The van der Waals surface area contributed by atoms with E-state index in [-0.39, 0.29) is 18.1 Å². The van der Waals surface area contributed by atoms with Gasteiger partial charge in [-0.2, -0.15) is 0 Å². The molecule has 0 saturated carbocycles. The lowest BCUT2D eigenvalue weighted by atomic mass is 9.74. The number of fused-ring (bicyclic) bond motifs is 1. The normalized spacial score (nSPS) is 18.5. The molecule has 2 unspecified atom stereocenters. The van der Waals surface area contributed by atoms with Crippen molar-refractivity contribution in [2.24, 2.45) is 11.8 Å². The predicted molar refractivity (Wildman–Crippen MR) is 92.3 cm³/mol. The zero-order valence-corrected chi connectivity index (χ0v) is 15.9. The second-order valence-electron chi connectivity index (χ2n) is 5.71. The van der Waals surface area contributed by atoms with Crippen molar-refractivity contribution < 1.29 is 33.3 Å². The van der Waals surface area contributed by atoms with E-state index >= 15 is 0 Å². The lowest BCUT2D eigenvalue weighted by Crippen LogP contribution is -2.40. The summed E-state index contributed by atoms with van der Waals surface area (Å²) in [6, 6.07) is 3.04. The summed E-state index contributed by atoms with van der Waals surface area (Å²) < 4.78 is 19.9. The van der Waals surface area contributed by atoms with Crippen molar-refractivity contribution in [3.63, 3.8) is 0 Å². The number of hydrogen-bond donors (Lipinski definition) is 0. The molecule has 0 spiro atoms. The van der Waals surface area contributed by atoms with Gasteiger partial charge in [-0.15, -0.1) is 0 Å². The van der Waals surface area contributed by atoms with Crippen LogP contribution in [-0.2, 0) is 28.6 Å². The lowest BCUT2D eigenvalue weighted by molar-refractivity contribution is -0.162. The Labute approximate surface area is 160 Å². The van der Waals surface area contributed by atoms with E-state index < -0.39 is 35.7 Å². The Morgan fingerprint density at radius 2 is 1.73 bits per heavy atom. The van der Waals surface area contributed by atoms with Crippen molar-refractivity contribution in [3.8, 4) is 5.75 Å². The highest BCUT2D eigenvalue weighted by molar-refractivity contribution is 6.35. The zero-order chi connectivity index (χ0) is 19.4. The number of esters is 3. The molecule has 1 aromatic carbocycles. The van der Waals surface area contributed by atoms with Crippen molar-refractivity contribution in [3.05, 3.63) is 27.7 Å². The van der Waals surface area contributed by atoms with Crippen molar-refractivity contribution in [2.45, 2.75) is 12.3 Å². The first-order valence-electron chi connectivity index (χ1n) is 7.68. The third-order valence-corrected chi connectivity index (χ3v) is 4.77. The highest BCUT2D eigenvalue weighted by atomic mass is 35.5. The van der Waals surface area contributed by atoms with E-state index in [0.29, 0.717) is 16.3 Å². The van der Waals surface area contributed by atoms with Gasteiger partial charge >= 0.3 is 17.9 Å². The van der Waals surface area contributed by atoms with Crippen molar-refractivity contribution in [1.82, 2.24) is 0 Å². The highest BCUT2D eigenvalue weighted by Crippen LogP contribution is 2.47. The third kappa shape index (κ3) is 4.04. The second-order valence-corrected chi connectivity index (χ2v) is 6.55. The van der Waals surface area contributed by atoms with Gasteiger partial charge in [0, 0.05) is 22.4 Å². The van der Waals surface area contributed by atoms with Gasteiger partial charge < -0.3 is 18.9 Å². The van der Waals surface area contributed by atoms with E-state index in [0.717, 1.165) is 0 Å². The number of benzene rings is 1. The molecule has 0 N–H and O–H groups in total. The minimum absolute atomic E-state index is 0.0542. The molecule has 0 bridgehead atoms. The third-order valence-electron chi connectivity index (χ3n) is 4.27. The SMILES string of the molecule is COC(=O)CC1COc2c(Cl)cc(Cl)cc2C1C(C(=O)OC)C(=O)OC. The quantitative estimate of drug-likeness (QED) is 0.423. The standard InChI is InChI=1S/C17H18Cl2O7/c1-23-12(20)4-8-7-26-15-10(5-9(18)6-11(15)19)13(8)14(16(21)24-2)17(22)25-3/h5-6,8,13-14H,4,7H2,1-3H3. The van der Waals surface area contributed by atoms with Gasteiger partial charge in [-0.3, -0.25) is 14.4 Å². The molecule has 7 nitrogen and oxygen atoms in total. The summed E-state index contributed by atoms with van der Waals surface area (Å²) in [6.45, 7) is 0.0542. The van der Waals surface area contributed by atoms with Crippen molar-refractivity contribution in [1.29, 1.82) is 0 Å². The number of ether oxygens (including phenoxy) is 4. The van der Waals surface area contributed by atoms with Gasteiger partial charge in [0.2, 0.25) is 0 Å². The molecule has 1 aromatic rings. The molecule has 1 heterocycles. The van der Waals surface area contributed by atoms with Gasteiger partial charge in [0.05, 0.1) is 39.4 Å². The van der Waals surface area contributed by atoms with Gasteiger partial charge in [-0.25, -0.2) is 0 Å². The van der Waals surface area contributed by atoms with Gasteiger partial charge in [-0.05, 0) is 12.1 Å². The Morgan fingerprint density at radius 3 is 2.27 bits per heavy atom. The van der Waals surface area contributed by atoms with E-state index in [1.807, 2.05) is 0 Å². The van der Waals surface area contributed by atoms with Crippen molar-refractivity contribution >= 4 is 41.1 Å². The molecular weight excluding hydrogens is 387 g/mol. The number of carbonyl (C=O) groups is 3. The van der Waals surface area contributed by atoms with Crippen LogP contribution in [0.1, 0.15) is 17.9 Å². The first-order valence-corrected chi connectivity index (χ1v) is 8.43. The maximum atomic E-state index is 12.3. The molecule has 26 heavy (non-hydrogen) atoms. The second kappa shape index (κ2) is 8.60. The van der Waals surface area contributed by atoms with E-state index in [4.69, 9.17) is 42.1 Å². The van der Waals surface area contributed by atoms with Crippen LogP contribution in [0.3, 0.4) is 0 Å². The van der Waals surface area contributed by atoms with Crippen LogP contribution < -0.4 is 4.74 Å². The number of rotatable bonds is 5. The summed E-state index contributed by atoms with van der Waals surface area (Å²) in [5, 5.41) is 0.539. The summed E-state index contributed by atoms with van der Waals surface area (Å²) in [5.41, 5.74) is 0.434. The summed E-state index contributed by atoms with van der Waals surface area (Å²) in [7, 11) is 3.58. The fourth-order valence-corrected chi connectivity index (χ4v) is 3.67. The summed E-state index contributed by atoms with van der Waals surface area (Å²) >= 11 is 12.3. The maximum absolute atomic E-state index is 12.3. The van der Waals surface area contributed by atoms with Crippen molar-refractivity contribution in [2.75, 3.05) is 27.9 Å². The topological polar surface area (TPSA) is 88.1 Å². The average molecular weight is 405 g/mol. The van der Waals surface area contributed by atoms with Crippen LogP contribution in [0.4, 0.5) is 0 Å². The largest absolute Gasteiger partial charge is 0.491 e. The first kappa shape index (κ1) is 20.3. The molecule has 0 aromatic heterocycles. The van der Waals surface area contributed by atoms with E-state index in [1.165, 1.54) is 27.4 Å². The monoisotopic (exact) mass is 404 g/mol. The number of carbonyl (C=O) groups excluding carboxylic acids is 3. The Hall–Kier alpha value is -1.99. The summed E-state index contributed by atoms with van der Waals surface area (Å²) in [5.74, 6) is -4.42. The van der Waals surface area contributed by atoms with Crippen LogP contribution in [0.5, 0.6) is 5.75 Å². The van der Waals surface area contributed by atoms with Crippen LogP contribution in [0.25, 0.3) is 0 Å². The van der Waals surface area contributed by atoms with Crippen LogP contribution in [0.15, 0.2) is 12.1 Å². The smallest absolute Gasteiger partial charge is 0.320 e. The molecule has 0 fully saturated rings. The highest BCUT2D eigenvalue weighted by Gasteiger charge is 2.46. The Morgan fingerprint density at radius 1 is 1.12 bits per heavy atom. The average Bonchev–Trinajstić information content (AvgIpc) is 2.62. The molecule has 0 saturated heterocycles. The fourth-order valence-electron chi connectivity index (χ4n) is 3.11. The van der Waals surface area contributed by atoms with E-state index in [1.54, 1.807) is 6.07 Å². The van der Waals surface area contributed by atoms with E-state index in [2.05, 4.69) is 0 Å². The predicted octanol–water partition coefficient (Wildman–Crippen LogP) is 2.61. The zero-order valence-electron chi connectivity index (χ0n) is 14.4. The fraction of sp³-hybridized carbons (Fsp3) is 0.471. The minimum Gasteiger partial charge on any atom is -0.491 e. The molecule has 0 aliphatic carbocycles. The summed E-state index contributed by atoms with van der Waals surface area (Å²) in [6.07, 6.45) is -0.0742. The lowest BCUT2D eigenvalue weighted by Gasteiger charge is -2.36. The Kier molecular flexibility index (Phi) is 6.72. The molecule has 2 rings (SSSR count). The molecule has 0 radical (unpaired) electrons. The molecule has 2 atom stereocenters. The van der Waals surface area contributed by atoms with Gasteiger partial charge in [0.15, 0.2) is 5.92 Å². The number of halogens is 2. The molecule has 9 heteroatoms. The Balaban J connectivity index is 2.61. The minimum atomic E-state index is -1.31. The maximum Gasteiger partial charge on any atom is 0.320 e. The van der Waals surface area contributed by atoms with Crippen LogP contribution in [0, 0.1) is 11.8 Å². The van der Waals surface area contributed by atoms with Gasteiger partial charge in [-0.1, -0.05) is 23.2 Å². The van der Waals surface area contributed by atoms with Gasteiger partial charge in [0.1, 0.15) is 5.75 Å². The number of hydrogen-bond acceptors (Lipinski definition) is 7. The molecular formula is C17H18Cl2O7. The van der Waals surface area contributed by atoms with Gasteiger partial charge in [0.25, 0.3) is 0 Å². The molecule has 0 amide bonds. The summed E-state index contributed by atoms with van der Waals surface area (Å²) in [4.78, 5) is 36.5. The van der Waals surface area contributed by atoms with Crippen LogP contribution in [0.2, 0.25) is 10.0 Å².